The lowest BCUT2D eigenvalue weighted by atomic mass is 10.0. The number of hydrogen-bond donors (Lipinski definition) is 0. The maximum Gasteiger partial charge on any atom is 0.253 e. The molecule has 170 valence electrons. The van der Waals surface area contributed by atoms with Gasteiger partial charge in [0.15, 0.2) is 0 Å². The molecule has 2 aromatic carbocycles. The van der Waals surface area contributed by atoms with E-state index in [1.54, 1.807) is 17.7 Å². The standard InChI is InChI=1S/C27H29N3O3/c1-18-15-25(31)30(17-19-13-14-29(16-19)27(32)23-7-8-23)26(28-18)22-5-3-20(4-6-22)21-9-11-24(33-2)12-10-21/h3-6,9-12,15,19,23H,7-8,13-14,16-17H2,1-2H3. The van der Waals surface area contributed by atoms with Crippen molar-refractivity contribution >= 4 is 5.91 Å². The largest absolute Gasteiger partial charge is 0.497 e. The van der Waals surface area contributed by atoms with E-state index in [4.69, 9.17) is 9.72 Å². The molecule has 2 heterocycles. The van der Waals surface area contributed by atoms with E-state index in [1.165, 1.54) is 0 Å². The van der Waals surface area contributed by atoms with Gasteiger partial charge in [-0.2, -0.15) is 0 Å². The number of ether oxygens (including phenoxy) is 1. The third-order valence-corrected chi connectivity index (χ3v) is 6.67. The van der Waals surface area contributed by atoms with Crippen molar-refractivity contribution in [2.75, 3.05) is 20.2 Å². The summed E-state index contributed by atoms with van der Waals surface area (Å²) in [7, 11) is 1.66. The molecule has 33 heavy (non-hydrogen) atoms. The van der Waals surface area contributed by atoms with Crippen LogP contribution in [0.4, 0.5) is 0 Å². The van der Waals surface area contributed by atoms with Gasteiger partial charge in [-0.25, -0.2) is 4.98 Å². The molecule has 0 radical (unpaired) electrons. The van der Waals surface area contributed by atoms with E-state index >= 15 is 0 Å². The molecular formula is C27H29N3O3. The Morgan fingerprint density at radius 2 is 1.64 bits per heavy atom. The molecule has 1 saturated heterocycles. The Bertz CT molecular complexity index is 1210. The summed E-state index contributed by atoms with van der Waals surface area (Å²) < 4.78 is 7.03. The molecule has 1 unspecified atom stereocenters. The number of carbonyl (C=O) groups is 1. The molecule has 2 aliphatic rings. The molecule has 0 spiro atoms. The highest BCUT2D eigenvalue weighted by atomic mass is 16.5. The van der Waals surface area contributed by atoms with Crippen LogP contribution in [0.1, 0.15) is 25.0 Å². The average molecular weight is 444 g/mol. The minimum Gasteiger partial charge on any atom is -0.497 e. The van der Waals surface area contributed by atoms with Crippen molar-refractivity contribution in [2.24, 2.45) is 11.8 Å². The third-order valence-electron chi connectivity index (χ3n) is 6.67. The van der Waals surface area contributed by atoms with Gasteiger partial charge in [0.05, 0.1) is 7.11 Å². The number of benzene rings is 2. The van der Waals surface area contributed by atoms with Crippen LogP contribution in [0.5, 0.6) is 5.75 Å². The molecule has 1 atom stereocenters. The Kier molecular flexibility index (Phi) is 5.75. The lowest BCUT2D eigenvalue weighted by Crippen LogP contribution is -2.32. The molecule has 2 fully saturated rings. The second-order valence-electron chi connectivity index (χ2n) is 9.19. The van der Waals surface area contributed by atoms with Crippen molar-refractivity contribution in [3.8, 4) is 28.3 Å². The number of hydrogen-bond acceptors (Lipinski definition) is 4. The van der Waals surface area contributed by atoms with Gasteiger partial charge in [0.25, 0.3) is 5.56 Å². The molecule has 1 aliphatic heterocycles. The molecule has 0 bridgehead atoms. The van der Waals surface area contributed by atoms with E-state index in [0.29, 0.717) is 24.0 Å². The number of rotatable bonds is 6. The Hall–Kier alpha value is -3.41. The molecule has 1 saturated carbocycles. The van der Waals surface area contributed by atoms with Gasteiger partial charge in [0.2, 0.25) is 5.91 Å². The first-order chi connectivity index (χ1) is 16.0. The van der Waals surface area contributed by atoms with Gasteiger partial charge in [0.1, 0.15) is 11.6 Å². The number of nitrogens with zero attached hydrogens (tertiary/aromatic N) is 3. The zero-order chi connectivity index (χ0) is 22.9. The first kappa shape index (κ1) is 21.4. The smallest absolute Gasteiger partial charge is 0.253 e. The maximum atomic E-state index is 12.9. The second kappa shape index (κ2) is 8.85. The number of amides is 1. The van der Waals surface area contributed by atoms with Crippen molar-refractivity contribution in [3.63, 3.8) is 0 Å². The van der Waals surface area contributed by atoms with Crippen LogP contribution in [0.3, 0.4) is 0 Å². The summed E-state index contributed by atoms with van der Waals surface area (Å²) in [6.07, 6.45) is 2.98. The topological polar surface area (TPSA) is 64.4 Å². The van der Waals surface area contributed by atoms with Crippen molar-refractivity contribution in [1.82, 2.24) is 14.5 Å². The van der Waals surface area contributed by atoms with Crippen molar-refractivity contribution in [3.05, 3.63) is 70.6 Å². The van der Waals surface area contributed by atoms with Crippen LogP contribution in [-0.2, 0) is 11.3 Å². The van der Waals surface area contributed by atoms with Crippen LogP contribution in [-0.4, -0.2) is 40.6 Å². The van der Waals surface area contributed by atoms with Gasteiger partial charge in [-0.1, -0.05) is 36.4 Å². The lowest BCUT2D eigenvalue weighted by Gasteiger charge is -2.18. The summed E-state index contributed by atoms with van der Waals surface area (Å²) in [6.45, 7) is 3.95. The highest BCUT2D eigenvalue weighted by Gasteiger charge is 2.36. The van der Waals surface area contributed by atoms with Gasteiger partial charge in [-0.05, 0) is 55.4 Å². The lowest BCUT2D eigenvalue weighted by molar-refractivity contribution is -0.131. The van der Waals surface area contributed by atoms with E-state index < -0.39 is 0 Å². The van der Waals surface area contributed by atoms with E-state index in [9.17, 15) is 9.59 Å². The summed E-state index contributed by atoms with van der Waals surface area (Å²) in [4.78, 5) is 32.1. The van der Waals surface area contributed by atoms with Crippen LogP contribution in [0.2, 0.25) is 0 Å². The number of carbonyl (C=O) groups excluding carboxylic acids is 1. The Morgan fingerprint density at radius 3 is 2.27 bits per heavy atom. The Labute approximate surface area is 193 Å². The summed E-state index contributed by atoms with van der Waals surface area (Å²) in [6, 6.07) is 17.7. The molecule has 1 aromatic heterocycles. The summed E-state index contributed by atoms with van der Waals surface area (Å²) in [5.74, 6) is 2.32. The Morgan fingerprint density at radius 1 is 1.00 bits per heavy atom. The van der Waals surface area contributed by atoms with Gasteiger partial charge < -0.3 is 9.64 Å². The van der Waals surface area contributed by atoms with Gasteiger partial charge >= 0.3 is 0 Å². The van der Waals surface area contributed by atoms with Crippen molar-refractivity contribution < 1.29 is 9.53 Å². The number of likely N-dealkylation sites (tertiary alicyclic amines) is 1. The summed E-state index contributed by atoms with van der Waals surface area (Å²) >= 11 is 0. The maximum absolute atomic E-state index is 12.9. The van der Waals surface area contributed by atoms with Gasteiger partial charge in [-0.15, -0.1) is 0 Å². The third kappa shape index (κ3) is 4.56. The Balaban J connectivity index is 1.39. The SMILES string of the molecule is COc1ccc(-c2ccc(-c3nc(C)cc(=O)n3CC3CCN(C(=O)C4CC4)C3)cc2)cc1. The average Bonchev–Trinajstić information content (AvgIpc) is 3.58. The van der Waals surface area contributed by atoms with E-state index in [2.05, 4.69) is 12.1 Å². The number of aryl methyl sites for hydroxylation is 1. The molecule has 1 amide bonds. The molecular weight excluding hydrogens is 414 g/mol. The zero-order valence-corrected chi connectivity index (χ0v) is 19.2. The predicted octanol–water partition coefficient (Wildman–Crippen LogP) is 4.15. The number of aromatic nitrogens is 2. The normalized spacial score (nSPS) is 17.9. The fourth-order valence-corrected chi connectivity index (χ4v) is 4.64. The van der Waals surface area contributed by atoms with Crippen LogP contribution < -0.4 is 10.3 Å². The van der Waals surface area contributed by atoms with Crippen LogP contribution >= 0.6 is 0 Å². The predicted molar refractivity (Wildman–Crippen MR) is 128 cm³/mol. The molecule has 5 rings (SSSR count). The summed E-state index contributed by atoms with van der Waals surface area (Å²) in [5, 5.41) is 0. The highest BCUT2D eigenvalue weighted by Crippen LogP contribution is 2.33. The van der Waals surface area contributed by atoms with E-state index in [0.717, 1.165) is 54.8 Å². The van der Waals surface area contributed by atoms with Crippen LogP contribution in [0, 0.1) is 18.8 Å². The fraction of sp³-hybridized carbons (Fsp3) is 0.370. The monoisotopic (exact) mass is 443 g/mol. The molecule has 6 heteroatoms. The van der Waals surface area contributed by atoms with Gasteiger partial charge in [0, 0.05) is 42.9 Å². The first-order valence-electron chi connectivity index (χ1n) is 11.6. The first-order valence-corrected chi connectivity index (χ1v) is 11.6. The van der Waals surface area contributed by atoms with Gasteiger partial charge in [-0.3, -0.25) is 14.2 Å². The van der Waals surface area contributed by atoms with Crippen LogP contribution in [0.25, 0.3) is 22.5 Å². The molecule has 0 N–H and O–H groups in total. The van der Waals surface area contributed by atoms with Crippen molar-refractivity contribution in [2.45, 2.75) is 32.7 Å². The van der Waals surface area contributed by atoms with E-state index in [-0.39, 0.29) is 17.4 Å². The highest BCUT2D eigenvalue weighted by molar-refractivity contribution is 5.81. The zero-order valence-electron chi connectivity index (χ0n) is 19.2. The van der Waals surface area contributed by atoms with Crippen molar-refractivity contribution in [1.29, 1.82) is 0 Å². The minimum atomic E-state index is -0.0382. The number of methoxy groups -OCH3 is 1. The fourth-order valence-electron chi connectivity index (χ4n) is 4.64. The molecule has 6 nitrogen and oxygen atoms in total. The van der Waals surface area contributed by atoms with E-state index in [1.807, 2.05) is 48.2 Å². The molecule has 1 aliphatic carbocycles. The second-order valence-corrected chi connectivity index (χ2v) is 9.19. The summed E-state index contributed by atoms with van der Waals surface area (Å²) in [5.41, 5.74) is 3.78. The van der Waals surface area contributed by atoms with Crippen LogP contribution in [0.15, 0.2) is 59.4 Å². The molecule has 3 aromatic rings. The minimum absolute atomic E-state index is 0.0382. The quantitative estimate of drug-likeness (QED) is 0.574.